The summed E-state index contributed by atoms with van der Waals surface area (Å²) < 4.78 is 11.4. The van der Waals surface area contributed by atoms with Crippen LogP contribution in [-0.4, -0.2) is 25.0 Å². The van der Waals surface area contributed by atoms with E-state index in [1.165, 1.54) is 0 Å². The van der Waals surface area contributed by atoms with Gasteiger partial charge in [-0.1, -0.05) is 42.5 Å². The van der Waals surface area contributed by atoms with Crippen molar-refractivity contribution < 1.29 is 19.1 Å². The van der Waals surface area contributed by atoms with E-state index in [9.17, 15) is 9.59 Å². The quantitative estimate of drug-likeness (QED) is 0.554. The average molecular weight is 414 g/mol. The first-order valence-corrected chi connectivity index (χ1v) is 10.0. The summed E-state index contributed by atoms with van der Waals surface area (Å²) in [4.78, 5) is 24.5. The van der Waals surface area contributed by atoms with Gasteiger partial charge in [0, 0.05) is 22.5 Å². The zero-order valence-electron chi connectivity index (χ0n) is 17.1. The van der Waals surface area contributed by atoms with Crippen molar-refractivity contribution in [1.82, 2.24) is 0 Å². The van der Waals surface area contributed by atoms with Crippen LogP contribution in [0.15, 0.2) is 72.8 Å². The number of anilines is 2. The van der Waals surface area contributed by atoms with E-state index in [-0.39, 0.29) is 18.4 Å². The van der Waals surface area contributed by atoms with E-state index in [2.05, 4.69) is 10.6 Å². The Morgan fingerprint density at radius 2 is 1.74 bits per heavy atom. The summed E-state index contributed by atoms with van der Waals surface area (Å²) in [5, 5.41) is 5.64. The molecule has 0 aromatic heterocycles. The number of ether oxygens (including phenoxy) is 2. The van der Waals surface area contributed by atoms with Crippen LogP contribution < -0.4 is 20.1 Å². The van der Waals surface area contributed by atoms with Crippen LogP contribution in [0.1, 0.15) is 18.1 Å². The van der Waals surface area contributed by atoms with Gasteiger partial charge < -0.3 is 20.1 Å². The molecule has 156 valence electrons. The second kappa shape index (κ2) is 9.17. The minimum atomic E-state index is -0.265. The van der Waals surface area contributed by atoms with Gasteiger partial charge in [0.15, 0.2) is 18.1 Å². The lowest BCUT2D eigenvalue weighted by Gasteiger charge is -2.13. The lowest BCUT2D eigenvalue weighted by Crippen LogP contribution is -2.20. The van der Waals surface area contributed by atoms with Crippen molar-refractivity contribution in [1.29, 1.82) is 0 Å². The standard InChI is InChI=1S/C25H22N2O4/c1-2-30-23-15-17(14-20-19-10-6-7-11-21(19)27-25(20)29)12-13-22(23)31-16-24(28)26-18-8-4-3-5-9-18/h3-15H,2,16H2,1H3,(H,26,28)(H,27,29)/b20-14+. The first-order valence-electron chi connectivity index (χ1n) is 10.0. The van der Waals surface area contributed by atoms with Gasteiger partial charge in [0.05, 0.1) is 6.61 Å². The van der Waals surface area contributed by atoms with Gasteiger partial charge in [0.25, 0.3) is 11.8 Å². The molecule has 0 unspecified atom stereocenters. The van der Waals surface area contributed by atoms with Crippen LogP contribution >= 0.6 is 0 Å². The lowest BCUT2D eigenvalue weighted by atomic mass is 10.0. The van der Waals surface area contributed by atoms with E-state index in [4.69, 9.17) is 9.47 Å². The molecule has 3 aromatic rings. The minimum Gasteiger partial charge on any atom is -0.490 e. The first-order chi connectivity index (χ1) is 15.1. The summed E-state index contributed by atoms with van der Waals surface area (Å²) in [6.07, 6.45) is 1.82. The average Bonchev–Trinajstić information content (AvgIpc) is 3.09. The van der Waals surface area contributed by atoms with Crippen LogP contribution in [0.25, 0.3) is 11.6 Å². The topological polar surface area (TPSA) is 76.7 Å². The van der Waals surface area contributed by atoms with Crippen molar-refractivity contribution in [2.45, 2.75) is 6.92 Å². The third kappa shape index (κ3) is 4.75. The maximum Gasteiger partial charge on any atom is 0.262 e. The maximum atomic E-state index is 12.4. The third-order valence-corrected chi connectivity index (χ3v) is 4.70. The molecule has 6 nitrogen and oxygen atoms in total. The molecule has 4 rings (SSSR count). The van der Waals surface area contributed by atoms with E-state index >= 15 is 0 Å². The number of benzene rings is 3. The largest absolute Gasteiger partial charge is 0.490 e. The van der Waals surface area contributed by atoms with Gasteiger partial charge in [-0.25, -0.2) is 0 Å². The fourth-order valence-corrected chi connectivity index (χ4v) is 3.31. The number of nitrogens with one attached hydrogen (secondary N) is 2. The van der Waals surface area contributed by atoms with Gasteiger partial charge in [0.2, 0.25) is 0 Å². The van der Waals surface area contributed by atoms with Gasteiger partial charge >= 0.3 is 0 Å². The molecule has 31 heavy (non-hydrogen) atoms. The number of rotatable bonds is 7. The number of hydrogen-bond donors (Lipinski definition) is 2. The van der Waals surface area contributed by atoms with E-state index in [1.54, 1.807) is 12.1 Å². The van der Waals surface area contributed by atoms with E-state index in [1.807, 2.05) is 73.7 Å². The Morgan fingerprint density at radius 1 is 0.968 bits per heavy atom. The molecule has 0 aliphatic carbocycles. The molecule has 2 N–H and O–H groups in total. The summed E-state index contributed by atoms with van der Waals surface area (Å²) in [6.45, 7) is 2.17. The molecular formula is C25H22N2O4. The number of amides is 2. The maximum absolute atomic E-state index is 12.4. The van der Waals surface area contributed by atoms with Crippen molar-refractivity contribution in [2.75, 3.05) is 23.8 Å². The molecule has 2 amide bonds. The second-order valence-corrected chi connectivity index (χ2v) is 6.90. The molecule has 1 aliphatic heterocycles. The highest BCUT2D eigenvalue weighted by Gasteiger charge is 2.23. The molecule has 0 saturated carbocycles. The molecule has 1 aliphatic rings. The Labute approximate surface area is 180 Å². The van der Waals surface area contributed by atoms with Crippen LogP contribution in [0.4, 0.5) is 11.4 Å². The Bertz CT molecular complexity index is 1140. The highest BCUT2D eigenvalue weighted by atomic mass is 16.5. The molecule has 3 aromatic carbocycles. The highest BCUT2D eigenvalue weighted by molar-refractivity contribution is 6.34. The van der Waals surface area contributed by atoms with Crippen molar-refractivity contribution in [3.05, 3.63) is 83.9 Å². The number of carbonyl (C=O) groups excluding carboxylic acids is 2. The molecule has 0 spiro atoms. The fraction of sp³-hybridized carbons (Fsp3) is 0.120. The van der Waals surface area contributed by atoms with Crippen LogP contribution in [-0.2, 0) is 9.59 Å². The molecule has 6 heteroatoms. The lowest BCUT2D eigenvalue weighted by molar-refractivity contribution is -0.118. The predicted molar refractivity (Wildman–Crippen MR) is 121 cm³/mol. The molecule has 0 saturated heterocycles. The molecule has 0 atom stereocenters. The zero-order chi connectivity index (χ0) is 21.6. The van der Waals surface area contributed by atoms with E-state index in [0.717, 1.165) is 16.8 Å². The van der Waals surface area contributed by atoms with Gasteiger partial charge in [0.1, 0.15) is 0 Å². The number of hydrogen-bond acceptors (Lipinski definition) is 4. The van der Waals surface area contributed by atoms with Crippen LogP contribution in [0.5, 0.6) is 11.5 Å². The van der Waals surface area contributed by atoms with Gasteiger partial charge in [-0.05, 0) is 48.9 Å². The van der Waals surface area contributed by atoms with Gasteiger partial charge in [-0.2, -0.15) is 0 Å². The Balaban J connectivity index is 1.51. The molecule has 0 fully saturated rings. The summed E-state index contributed by atoms with van der Waals surface area (Å²) in [6, 6.07) is 22.1. The Morgan fingerprint density at radius 3 is 2.55 bits per heavy atom. The number of carbonyl (C=O) groups is 2. The minimum absolute atomic E-state index is 0.142. The third-order valence-electron chi connectivity index (χ3n) is 4.70. The summed E-state index contributed by atoms with van der Waals surface area (Å²) in [7, 11) is 0. The van der Waals surface area contributed by atoms with Gasteiger partial charge in [-0.3, -0.25) is 9.59 Å². The normalized spacial score (nSPS) is 13.5. The SMILES string of the molecule is CCOc1cc(/C=C2/C(=O)Nc3ccccc32)ccc1OCC(=O)Nc1ccccc1. The highest BCUT2D eigenvalue weighted by Crippen LogP contribution is 2.35. The van der Waals surface area contributed by atoms with Crippen molar-refractivity contribution in [2.24, 2.45) is 0 Å². The van der Waals surface area contributed by atoms with Gasteiger partial charge in [-0.15, -0.1) is 0 Å². The second-order valence-electron chi connectivity index (χ2n) is 6.90. The molecule has 1 heterocycles. The van der Waals surface area contributed by atoms with Crippen molar-refractivity contribution >= 4 is 34.8 Å². The first kappa shape index (κ1) is 20.2. The van der Waals surface area contributed by atoms with E-state index < -0.39 is 0 Å². The Hall–Kier alpha value is -4.06. The summed E-state index contributed by atoms with van der Waals surface area (Å²) in [5.41, 5.74) is 3.76. The number of para-hydroxylation sites is 2. The zero-order valence-corrected chi connectivity index (χ0v) is 17.1. The molecule has 0 bridgehead atoms. The molecular weight excluding hydrogens is 392 g/mol. The van der Waals surface area contributed by atoms with Crippen LogP contribution in [0.3, 0.4) is 0 Å². The summed E-state index contributed by atoms with van der Waals surface area (Å²) >= 11 is 0. The molecule has 0 radical (unpaired) electrons. The fourth-order valence-electron chi connectivity index (χ4n) is 3.31. The Kier molecular flexibility index (Phi) is 5.98. The monoisotopic (exact) mass is 414 g/mol. The van der Waals surface area contributed by atoms with Crippen LogP contribution in [0.2, 0.25) is 0 Å². The van der Waals surface area contributed by atoms with Crippen molar-refractivity contribution in [3.8, 4) is 11.5 Å². The predicted octanol–water partition coefficient (Wildman–Crippen LogP) is 4.60. The van der Waals surface area contributed by atoms with Crippen LogP contribution in [0, 0.1) is 0 Å². The number of fused-ring (bicyclic) bond motifs is 1. The smallest absolute Gasteiger partial charge is 0.262 e. The van der Waals surface area contributed by atoms with Crippen molar-refractivity contribution in [3.63, 3.8) is 0 Å². The summed E-state index contributed by atoms with van der Waals surface area (Å²) in [5.74, 6) is 0.565. The van der Waals surface area contributed by atoms with E-state index in [0.29, 0.717) is 29.4 Å².